The molecule has 0 aliphatic carbocycles. The molecule has 0 amide bonds. The van der Waals surface area contributed by atoms with Crippen molar-refractivity contribution in [1.29, 1.82) is 0 Å². The fourth-order valence-electron chi connectivity index (χ4n) is 2.54. The molecule has 1 atom stereocenters. The van der Waals surface area contributed by atoms with E-state index in [1.54, 1.807) is 0 Å². The number of piperazine rings is 1. The van der Waals surface area contributed by atoms with Crippen LogP contribution in [-0.4, -0.2) is 53.8 Å². The Kier molecular flexibility index (Phi) is 3.89. The van der Waals surface area contributed by atoms with Crippen LogP contribution in [0.4, 0.5) is 6.01 Å². The van der Waals surface area contributed by atoms with Crippen molar-refractivity contribution in [2.75, 3.05) is 37.6 Å². The highest BCUT2D eigenvalue weighted by atomic mass is 16.4. The topological polar surface area (TPSA) is 52.7 Å². The molecule has 2 aromatic rings. The number of nitrogens with zero attached hydrogens (tertiary/aromatic N) is 3. The number of anilines is 1. The lowest BCUT2D eigenvalue weighted by Crippen LogP contribution is -2.48. The van der Waals surface area contributed by atoms with Crippen LogP contribution < -0.4 is 4.90 Å². The van der Waals surface area contributed by atoms with Crippen molar-refractivity contribution in [2.24, 2.45) is 0 Å². The predicted octanol–water partition coefficient (Wildman–Crippen LogP) is 1.72. The lowest BCUT2D eigenvalue weighted by molar-refractivity contribution is 0.105. The quantitative estimate of drug-likeness (QED) is 0.921. The summed E-state index contributed by atoms with van der Waals surface area (Å²) in [7, 11) is 0. The lowest BCUT2D eigenvalue weighted by atomic mass is 10.2. The molecule has 1 fully saturated rings. The van der Waals surface area contributed by atoms with Crippen LogP contribution in [0.3, 0.4) is 0 Å². The van der Waals surface area contributed by atoms with E-state index in [1.807, 2.05) is 31.2 Å². The summed E-state index contributed by atoms with van der Waals surface area (Å²) in [4.78, 5) is 9.00. The van der Waals surface area contributed by atoms with Crippen molar-refractivity contribution < 1.29 is 9.52 Å². The van der Waals surface area contributed by atoms with Gasteiger partial charge in [0.2, 0.25) is 0 Å². The third-order valence-electron chi connectivity index (χ3n) is 3.87. The molecule has 0 bridgehead atoms. The third-order valence-corrected chi connectivity index (χ3v) is 3.87. The van der Waals surface area contributed by atoms with Crippen LogP contribution in [0.25, 0.3) is 11.1 Å². The molecule has 5 heteroatoms. The van der Waals surface area contributed by atoms with Crippen LogP contribution in [0.1, 0.15) is 13.3 Å². The summed E-state index contributed by atoms with van der Waals surface area (Å²) in [6.45, 7) is 6.44. The molecule has 1 saturated heterocycles. The minimum Gasteiger partial charge on any atom is -0.423 e. The highest BCUT2D eigenvalue weighted by molar-refractivity contribution is 5.74. The van der Waals surface area contributed by atoms with Gasteiger partial charge in [-0.15, -0.1) is 0 Å². The summed E-state index contributed by atoms with van der Waals surface area (Å²) in [5.41, 5.74) is 1.75. The van der Waals surface area contributed by atoms with E-state index >= 15 is 0 Å². The van der Waals surface area contributed by atoms with E-state index in [0.29, 0.717) is 6.01 Å². The predicted molar refractivity (Wildman–Crippen MR) is 79.0 cm³/mol. The van der Waals surface area contributed by atoms with Crippen molar-refractivity contribution >= 4 is 17.1 Å². The Morgan fingerprint density at radius 3 is 2.70 bits per heavy atom. The standard InChI is InChI=1S/C15H21N3O2/c1-2-12(19)11-17-7-9-18(10-8-17)15-16-13-5-3-4-6-14(13)20-15/h3-6,12,19H,2,7-11H2,1H3. The highest BCUT2D eigenvalue weighted by Gasteiger charge is 2.21. The molecule has 0 spiro atoms. The van der Waals surface area contributed by atoms with Crippen LogP contribution in [0.2, 0.25) is 0 Å². The van der Waals surface area contributed by atoms with Gasteiger partial charge in [-0.05, 0) is 18.6 Å². The maximum atomic E-state index is 9.70. The SMILES string of the molecule is CCC(O)CN1CCN(c2nc3ccccc3o2)CC1. The number of hydrogen-bond donors (Lipinski definition) is 1. The van der Waals surface area contributed by atoms with Gasteiger partial charge in [-0.1, -0.05) is 19.1 Å². The molecule has 1 unspecified atom stereocenters. The molecule has 1 aliphatic heterocycles. The van der Waals surface area contributed by atoms with E-state index < -0.39 is 0 Å². The van der Waals surface area contributed by atoms with Crippen molar-refractivity contribution in [1.82, 2.24) is 9.88 Å². The number of fused-ring (bicyclic) bond motifs is 1. The van der Waals surface area contributed by atoms with Gasteiger partial charge in [0.25, 0.3) is 6.01 Å². The fraction of sp³-hybridized carbons (Fsp3) is 0.533. The Morgan fingerprint density at radius 2 is 2.00 bits per heavy atom. The van der Waals surface area contributed by atoms with Gasteiger partial charge < -0.3 is 14.4 Å². The number of rotatable bonds is 4. The molecule has 1 N–H and O–H groups in total. The van der Waals surface area contributed by atoms with E-state index in [4.69, 9.17) is 4.42 Å². The van der Waals surface area contributed by atoms with Gasteiger partial charge in [0.15, 0.2) is 5.58 Å². The molecule has 5 nitrogen and oxygen atoms in total. The highest BCUT2D eigenvalue weighted by Crippen LogP contribution is 2.22. The second kappa shape index (κ2) is 5.81. The van der Waals surface area contributed by atoms with Gasteiger partial charge in [0.1, 0.15) is 5.52 Å². The molecule has 1 aliphatic rings. The first-order chi connectivity index (χ1) is 9.76. The number of hydrogen-bond acceptors (Lipinski definition) is 5. The lowest BCUT2D eigenvalue weighted by Gasteiger charge is -2.34. The normalized spacial score (nSPS) is 18.6. The number of para-hydroxylation sites is 2. The molecule has 1 aromatic carbocycles. The summed E-state index contributed by atoms with van der Waals surface area (Å²) in [5, 5.41) is 9.70. The van der Waals surface area contributed by atoms with Crippen molar-refractivity contribution in [3.63, 3.8) is 0 Å². The number of aromatic nitrogens is 1. The van der Waals surface area contributed by atoms with Gasteiger partial charge in [-0.3, -0.25) is 4.90 Å². The Bertz CT molecular complexity index is 528. The molecular weight excluding hydrogens is 254 g/mol. The van der Waals surface area contributed by atoms with Crippen LogP contribution in [0.15, 0.2) is 28.7 Å². The average Bonchev–Trinajstić information content (AvgIpc) is 2.91. The Labute approximate surface area is 118 Å². The minimum absolute atomic E-state index is 0.217. The monoisotopic (exact) mass is 275 g/mol. The van der Waals surface area contributed by atoms with Crippen LogP contribution in [0.5, 0.6) is 0 Å². The van der Waals surface area contributed by atoms with Crippen LogP contribution in [-0.2, 0) is 0 Å². The fourth-order valence-corrected chi connectivity index (χ4v) is 2.54. The van der Waals surface area contributed by atoms with Crippen molar-refractivity contribution in [3.05, 3.63) is 24.3 Å². The zero-order valence-corrected chi connectivity index (χ0v) is 11.8. The Morgan fingerprint density at radius 1 is 1.25 bits per heavy atom. The zero-order chi connectivity index (χ0) is 13.9. The maximum Gasteiger partial charge on any atom is 0.298 e. The van der Waals surface area contributed by atoms with Gasteiger partial charge in [-0.25, -0.2) is 0 Å². The zero-order valence-electron chi connectivity index (χ0n) is 11.8. The second-order valence-corrected chi connectivity index (χ2v) is 5.31. The van der Waals surface area contributed by atoms with Gasteiger partial charge in [-0.2, -0.15) is 4.98 Å². The molecule has 2 heterocycles. The molecular formula is C15H21N3O2. The first-order valence-electron chi connectivity index (χ1n) is 7.27. The molecule has 108 valence electrons. The molecule has 0 saturated carbocycles. The van der Waals surface area contributed by atoms with E-state index in [-0.39, 0.29) is 6.10 Å². The smallest absolute Gasteiger partial charge is 0.298 e. The summed E-state index contributed by atoms with van der Waals surface area (Å²) in [6.07, 6.45) is 0.594. The molecule has 0 radical (unpaired) electrons. The van der Waals surface area contributed by atoms with Gasteiger partial charge >= 0.3 is 0 Å². The van der Waals surface area contributed by atoms with E-state index in [0.717, 1.165) is 50.2 Å². The molecule has 3 rings (SSSR count). The van der Waals surface area contributed by atoms with Gasteiger partial charge in [0, 0.05) is 32.7 Å². The average molecular weight is 275 g/mol. The number of benzene rings is 1. The van der Waals surface area contributed by atoms with Crippen molar-refractivity contribution in [3.8, 4) is 0 Å². The van der Waals surface area contributed by atoms with E-state index in [2.05, 4.69) is 14.8 Å². The first-order valence-corrected chi connectivity index (χ1v) is 7.27. The van der Waals surface area contributed by atoms with Crippen LogP contribution >= 0.6 is 0 Å². The molecule has 1 aromatic heterocycles. The summed E-state index contributed by atoms with van der Waals surface area (Å²) >= 11 is 0. The number of β-amino-alcohol motifs (C(OH)–C–C–N with tert-alkyl or cyclic N) is 1. The minimum atomic E-state index is -0.217. The summed E-state index contributed by atoms with van der Waals surface area (Å²) in [6, 6.07) is 8.55. The Balaban J connectivity index is 1.63. The second-order valence-electron chi connectivity index (χ2n) is 5.31. The summed E-state index contributed by atoms with van der Waals surface area (Å²) in [5.74, 6) is 0. The largest absolute Gasteiger partial charge is 0.423 e. The third kappa shape index (κ3) is 2.78. The number of oxazole rings is 1. The van der Waals surface area contributed by atoms with Crippen molar-refractivity contribution in [2.45, 2.75) is 19.4 Å². The maximum absolute atomic E-state index is 9.70. The molecule has 20 heavy (non-hydrogen) atoms. The number of aliphatic hydroxyl groups excluding tert-OH is 1. The van der Waals surface area contributed by atoms with E-state index in [1.165, 1.54) is 0 Å². The first kappa shape index (κ1) is 13.4. The van der Waals surface area contributed by atoms with E-state index in [9.17, 15) is 5.11 Å². The summed E-state index contributed by atoms with van der Waals surface area (Å²) < 4.78 is 5.79. The Hall–Kier alpha value is -1.59. The van der Waals surface area contributed by atoms with Crippen LogP contribution in [0, 0.1) is 0 Å². The number of aliphatic hydroxyl groups is 1. The van der Waals surface area contributed by atoms with Gasteiger partial charge in [0.05, 0.1) is 6.10 Å².